The van der Waals surface area contributed by atoms with Crippen molar-refractivity contribution in [2.45, 2.75) is 0 Å². The minimum atomic E-state index is -1.70. The zero-order valence-corrected chi connectivity index (χ0v) is 12.1. The zero-order valence-electron chi connectivity index (χ0n) is 12.1. The van der Waals surface area contributed by atoms with E-state index in [-0.39, 0.29) is 16.9 Å². The molecule has 0 unspecified atom stereocenters. The summed E-state index contributed by atoms with van der Waals surface area (Å²) in [7, 11) is 1.42. The second-order valence-electron chi connectivity index (χ2n) is 4.47. The van der Waals surface area contributed by atoms with E-state index in [0.717, 1.165) is 4.90 Å². The standard InChI is InChI=1S/C16H13NO6/c1-23-11-6-4-5-10(9-11)17(14(18)16(21)22)13-8-3-2-7-12(13)15(19)20/h2-9H,1H3,(H,19,20)(H,21,22). The molecule has 0 aliphatic heterocycles. The maximum atomic E-state index is 12.1. The van der Waals surface area contributed by atoms with Gasteiger partial charge in [0.1, 0.15) is 5.75 Å². The molecule has 0 aliphatic rings. The molecule has 0 saturated carbocycles. The van der Waals surface area contributed by atoms with Crippen molar-refractivity contribution in [2.24, 2.45) is 0 Å². The monoisotopic (exact) mass is 315 g/mol. The summed E-state index contributed by atoms with van der Waals surface area (Å²) in [5, 5.41) is 18.3. The predicted octanol–water partition coefficient (Wildman–Crippen LogP) is 2.14. The molecule has 0 saturated heterocycles. The lowest BCUT2D eigenvalue weighted by Gasteiger charge is -2.23. The molecule has 0 aliphatic carbocycles. The molecule has 0 aromatic heterocycles. The predicted molar refractivity (Wildman–Crippen MR) is 81.2 cm³/mol. The minimum absolute atomic E-state index is 0.0411. The van der Waals surface area contributed by atoms with Gasteiger partial charge in [-0.05, 0) is 24.3 Å². The normalized spacial score (nSPS) is 9.96. The Balaban J connectivity index is 2.67. The maximum Gasteiger partial charge on any atom is 0.395 e. The van der Waals surface area contributed by atoms with Gasteiger partial charge in [0.25, 0.3) is 0 Å². The smallest absolute Gasteiger partial charge is 0.395 e. The number of aliphatic carboxylic acids is 1. The summed E-state index contributed by atoms with van der Waals surface area (Å²) >= 11 is 0. The van der Waals surface area contributed by atoms with Gasteiger partial charge in [0.2, 0.25) is 0 Å². The summed E-state index contributed by atoms with van der Waals surface area (Å²) in [5.74, 6) is -3.84. The first-order valence-electron chi connectivity index (χ1n) is 6.49. The van der Waals surface area contributed by atoms with Crippen LogP contribution < -0.4 is 9.64 Å². The largest absolute Gasteiger partial charge is 0.497 e. The number of ether oxygens (including phenoxy) is 1. The molecule has 0 bridgehead atoms. The van der Waals surface area contributed by atoms with Crippen LogP contribution in [-0.2, 0) is 9.59 Å². The molecule has 7 heteroatoms. The van der Waals surface area contributed by atoms with E-state index in [1.165, 1.54) is 43.5 Å². The van der Waals surface area contributed by atoms with E-state index >= 15 is 0 Å². The topological polar surface area (TPSA) is 104 Å². The van der Waals surface area contributed by atoms with Crippen molar-refractivity contribution in [2.75, 3.05) is 12.0 Å². The average Bonchev–Trinajstić information content (AvgIpc) is 2.55. The Morgan fingerprint density at radius 1 is 1.00 bits per heavy atom. The van der Waals surface area contributed by atoms with Crippen LogP contribution >= 0.6 is 0 Å². The van der Waals surface area contributed by atoms with Gasteiger partial charge in [0.05, 0.1) is 24.0 Å². The van der Waals surface area contributed by atoms with Gasteiger partial charge in [0, 0.05) is 6.07 Å². The highest BCUT2D eigenvalue weighted by Crippen LogP contribution is 2.31. The number of para-hydroxylation sites is 1. The quantitative estimate of drug-likeness (QED) is 0.838. The first kappa shape index (κ1) is 16.0. The van der Waals surface area contributed by atoms with Crippen LogP contribution in [0, 0.1) is 0 Å². The third-order valence-electron chi connectivity index (χ3n) is 3.07. The lowest BCUT2D eigenvalue weighted by molar-refractivity contribution is -0.148. The Morgan fingerprint density at radius 2 is 1.70 bits per heavy atom. The molecule has 2 rings (SSSR count). The highest BCUT2D eigenvalue weighted by Gasteiger charge is 2.28. The van der Waals surface area contributed by atoms with E-state index in [4.69, 9.17) is 9.84 Å². The number of aromatic carboxylic acids is 1. The van der Waals surface area contributed by atoms with Gasteiger partial charge in [-0.25, -0.2) is 9.59 Å². The van der Waals surface area contributed by atoms with E-state index < -0.39 is 17.8 Å². The first-order valence-corrected chi connectivity index (χ1v) is 6.49. The molecule has 2 N–H and O–H groups in total. The van der Waals surface area contributed by atoms with Gasteiger partial charge in [-0.3, -0.25) is 9.69 Å². The number of carbonyl (C=O) groups is 3. The van der Waals surface area contributed by atoms with Gasteiger partial charge in [-0.15, -0.1) is 0 Å². The van der Waals surface area contributed by atoms with Crippen molar-refractivity contribution in [3.8, 4) is 5.75 Å². The first-order chi connectivity index (χ1) is 11.0. The van der Waals surface area contributed by atoms with Gasteiger partial charge < -0.3 is 14.9 Å². The van der Waals surface area contributed by atoms with Crippen molar-refractivity contribution < 1.29 is 29.3 Å². The number of methoxy groups -OCH3 is 1. The Bertz CT molecular complexity index is 771. The van der Waals surface area contributed by atoms with Crippen LogP contribution in [0.2, 0.25) is 0 Å². The molecule has 0 heterocycles. The lowest BCUT2D eigenvalue weighted by atomic mass is 10.1. The minimum Gasteiger partial charge on any atom is -0.497 e. The number of carboxylic acid groups (broad SMARTS) is 2. The summed E-state index contributed by atoms with van der Waals surface area (Å²) in [4.78, 5) is 35.5. The number of benzene rings is 2. The van der Waals surface area contributed by atoms with Crippen molar-refractivity contribution in [1.82, 2.24) is 0 Å². The maximum absolute atomic E-state index is 12.1. The van der Waals surface area contributed by atoms with Crippen LogP contribution in [0.15, 0.2) is 48.5 Å². The fraction of sp³-hybridized carbons (Fsp3) is 0.0625. The molecule has 0 spiro atoms. The van der Waals surface area contributed by atoms with E-state index in [9.17, 15) is 19.5 Å². The van der Waals surface area contributed by atoms with Crippen molar-refractivity contribution in [1.29, 1.82) is 0 Å². The Morgan fingerprint density at radius 3 is 2.30 bits per heavy atom. The van der Waals surface area contributed by atoms with Crippen LogP contribution in [0.5, 0.6) is 5.75 Å². The number of carbonyl (C=O) groups excluding carboxylic acids is 1. The molecule has 2 aromatic rings. The molecule has 23 heavy (non-hydrogen) atoms. The Labute approximate surface area is 131 Å². The summed E-state index contributed by atoms with van der Waals surface area (Å²) in [6.45, 7) is 0. The average molecular weight is 315 g/mol. The number of hydrogen-bond donors (Lipinski definition) is 2. The number of anilines is 2. The van der Waals surface area contributed by atoms with E-state index in [1.54, 1.807) is 12.1 Å². The summed E-state index contributed by atoms with van der Waals surface area (Å²) in [6, 6.07) is 11.8. The van der Waals surface area contributed by atoms with E-state index in [2.05, 4.69) is 0 Å². The summed E-state index contributed by atoms with van der Waals surface area (Å²) in [5.41, 5.74) is -0.0453. The molecular formula is C16H13NO6. The molecule has 118 valence electrons. The second kappa shape index (κ2) is 6.61. The molecule has 0 fully saturated rings. The second-order valence-corrected chi connectivity index (χ2v) is 4.47. The Hall–Kier alpha value is -3.35. The number of carboxylic acids is 2. The van der Waals surface area contributed by atoms with Gasteiger partial charge >= 0.3 is 17.8 Å². The summed E-state index contributed by atoms with van der Waals surface area (Å²) in [6.07, 6.45) is 0. The zero-order chi connectivity index (χ0) is 17.0. The van der Waals surface area contributed by atoms with Crippen LogP contribution in [0.4, 0.5) is 11.4 Å². The number of nitrogens with zero attached hydrogens (tertiary/aromatic N) is 1. The van der Waals surface area contributed by atoms with Crippen molar-refractivity contribution in [3.63, 3.8) is 0 Å². The fourth-order valence-corrected chi connectivity index (χ4v) is 2.06. The molecular weight excluding hydrogens is 302 g/mol. The summed E-state index contributed by atoms with van der Waals surface area (Å²) < 4.78 is 5.06. The van der Waals surface area contributed by atoms with Crippen LogP contribution in [0.25, 0.3) is 0 Å². The number of rotatable bonds is 4. The number of amides is 1. The fourth-order valence-electron chi connectivity index (χ4n) is 2.06. The SMILES string of the molecule is COc1cccc(N(C(=O)C(=O)O)c2ccccc2C(=O)O)c1. The van der Waals surface area contributed by atoms with E-state index in [1.807, 2.05) is 0 Å². The third kappa shape index (κ3) is 3.29. The van der Waals surface area contributed by atoms with Crippen molar-refractivity contribution in [3.05, 3.63) is 54.1 Å². The molecule has 0 atom stereocenters. The van der Waals surface area contributed by atoms with Gasteiger partial charge in [-0.1, -0.05) is 18.2 Å². The van der Waals surface area contributed by atoms with Crippen LogP contribution in [0.3, 0.4) is 0 Å². The third-order valence-corrected chi connectivity index (χ3v) is 3.07. The molecule has 1 amide bonds. The lowest BCUT2D eigenvalue weighted by Crippen LogP contribution is -2.33. The molecule has 2 aromatic carbocycles. The van der Waals surface area contributed by atoms with Crippen molar-refractivity contribution >= 4 is 29.2 Å². The van der Waals surface area contributed by atoms with Crippen LogP contribution in [-0.4, -0.2) is 35.2 Å². The van der Waals surface area contributed by atoms with E-state index in [0.29, 0.717) is 5.75 Å². The highest BCUT2D eigenvalue weighted by molar-refractivity contribution is 6.39. The van der Waals surface area contributed by atoms with Crippen LogP contribution in [0.1, 0.15) is 10.4 Å². The molecule has 0 radical (unpaired) electrons. The van der Waals surface area contributed by atoms with Gasteiger partial charge in [0.15, 0.2) is 0 Å². The molecule has 7 nitrogen and oxygen atoms in total. The highest BCUT2D eigenvalue weighted by atomic mass is 16.5. The Kier molecular flexibility index (Phi) is 4.61. The number of hydrogen-bond acceptors (Lipinski definition) is 4. The van der Waals surface area contributed by atoms with Gasteiger partial charge in [-0.2, -0.15) is 0 Å².